The van der Waals surface area contributed by atoms with Crippen molar-refractivity contribution < 1.29 is 9.18 Å². The smallest absolute Gasteiger partial charge is 0.230 e. The Hall–Kier alpha value is -2.67. The van der Waals surface area contributed by atoms with Crippen LogP contribution in [0.15, 0.2) is 59.8 Å². The molecular formula is C21H23FN4OS. The number of nitrogens with one attached hydrogen (secondary N) is 1. The number of unbranched alkanes of at least 4 members (excludes halogenated alkanes) is 2. The number of nitrogens with zero attached hydrogens (tertiary/aromatic N) is 3. The molecule has 1 amide bonds. The van der Waals surface area contributed by atoms with Crippen molar-refractivity contribution in [1.82, 2.24) is 20.1 Å². The van der Waals surface area contributed by atoms with E-state index in [-0.39, 0.29) is 17.5 Å². The Kier molecular flexibility index (Phi) is 7.19. The van der Waals surface area contributed by atoms with E-state index in [0.717, 1.165) is 24.9 Å². The number of para-hydroxylation sites is 1. The molecule has 5 nitrogen and oxygen atoms in total. The summed E-state index contributed by atoms with van der Waals surface area (Å²) in [6.45, 7) is 2.81. The Balaban J connectivity index is 1.82. The minimum absolute atomic E-state index is 0.0452. The molecule has 1 N–H and O–H groups in total. The summed E-state index contributed by atoms with van der Waals surface area (Å²) in [5, 5.41) is 11.9. The molecule has 1 aromatic heterocycles. The molecule has 0 radical (unpaired) electrons. The summed E-state index contributed by atoms with van der Waals surface area (Å²) >= 11 is 1.29. The predicted octanol–water partition coefficient (Wildman–Crippen LogP) is 4.47. The Morgan fingerprint density at radius 1 is 1.07 bits per heavy atom. The van der Waals surface area contributed by atoms with Crippen LogP contribution >= 0.6 is 11.8 Å². The van der Waals surface area contributed by atoms with Gasteiger partial charge in [-0.3, -0.25) is 9.36 Å². The second-order valence-corrected chi connectivity index (χ2v) is 7.25. The molecule has 3 rings (SSSR count). The number of aromatic nitrogens is 3. The van der Waals surface area contributed by atoms with Gasteiger partial charge in [-0.25, -0.2) is 4.39 Å². The Labute approximate surface area is 168 Å². The highest BCUT2D eigenvalue weighted by Crippen LogP contribution is 2.29. The minimum atomic E-state index is -0.364. The number of benzene rings is 2. The number of halogens is 1. The van der Waals surface area contributed by atoms with Crippen LogP contribution in [-0.2, 0) is 4.79 Å². The highest BCUT2D eigenvalue weighted by Gasteiger charge is 2.19. The van der Waals surface area contributed by atoms with Gasteiger partial charge in [0.1, 0.15) is 5.82 Å². The third kappa shape index (κ3) is 4.98. The zero-order valence-electron chi connectivity index (χ0n) is 15.8. The third-order valence-corrected chi connectivity index (χ3v) is 5.13. The molecular weight excluding hydrogens is 375 g/mol. The number of thioether (sulfide) groups is 1. The first kappa shape index (κ1) is 20.1. The Morgan fingerprint density at radius 2 is 1.82 bits per heavy atom. The lowest BCUT2D eigenvalue weighted by molar-refractivity contribution is -0.118. The van der Waals surface area contributed by atoms with E-state index in [1.165, 1.54) is 17.8 Å². The first-order valence-corrected chi connectivity index (χ1v) is 10.3. The third-order valence-electron chi connectivity index (χ3n) is 4.20. The maximum absolute atomic E-state index is 14.3. The number of carbonyl (C=O) groups is 1. The molecule has 1 heterocycles. The Bertz CT molecular complexity index is 914. The van der Waals surface area contributed by atoms with Gasteiger partial charge in [0.15, 0.2) is 11.0 Å². The van der Waals surface area contributed by atoms with Crippen molar-refractivity contribution in [1.29, 1.82) is 0 Å². The summed E-state index contributed by atoms with van der Waals surface area (Å²) in [5.41, 5.74) is 1.19. The normalized spacial score (nSPS) is 10.8. The van der Waals surface area contributed by atoms with E-state index in [1.54, 1.807) is 22.8 Å². The topological polar surface area (TPSA) is 59.8 Å². The first-order chi connectivity index (χ1) is 13.7. The van der Waals surface area contributed by atoms with Crippen LogP contribution in [0.5, 0.6) is 0 Å². The maximum atomic E-state index is 14.3. The molecule has 0 aliphatic rings. The fourth-order valence-corrected chi connectivity index (χ4v) is 3.56. The standard InChI is InChI=1S/C21H23FN4OS/c1-2-3-9-14-23-19(27)15-28-21-25-24-20(17-12-7-8-13-18(17)22)26(21)16-10-5-4-6-11-16/h4-8,10-13H,2-3,9,14-15H2,1H3,(H,23,27). The highest BCUT2D eigenvalue weighted by molar-refractivity contribution is 7.99. The van der Waals surface area contributed by atoms with Gasteiger partial charge in [-0.15, -0.1) is 10.2 Å². The predicted molar refractivity (Wildman–Crippen MR) is 110 cm³/mol. The maximum Gasteiger partial charge on any atom is 0.230 e. The highest BCUT2D eigenvalue weighted by atomic mass is 32.2. The van der Waals surface area contributed by atoms with E-state index in [4.69, 9.17) is 0 Å². The zero-order chi connectivity index (χ0) is 19.8. The number of rotatable bonds is 9. The van der Waals surface area contributed by atoms with Crippen molar-refractivity contribution >= 4 is 17.7 Å². The van der Waals surface area contributed by atoms with Crippen LogP contribution in [0.25, 0.3) is 17.1 Å². The van der Waals surface area contributed by atoms with Gasteiger partial charge in [-0.05, 0) is 30.7 Å². The molecule has 0 fully saturated rings. The molecule has 0 bridgehead atoms. The van der Waals surface area contributed by atoms with Crippen LogP contribution in [0, 0.1) is 5.82 Å². The van der Waals surface area contributed by atoms with Crippen molar-refractivity contribution in [2.24, 2.45) is 0 Å². The number of amides is 1. The molecule has 0 aliphatic heterocycles. The summed E-state index contributed by atoms with van der Waals surface area (Å²) in [7, 11) is 0. The monoisotopic (exact) mass is 398 g/mol. The lowest BCUT2D eigenvalue weighted by Crippen LogP contribution is -2.26. The molecule has 0 saturated heterocycles. The van der Waals surface area contributed by atoms with Crippen molar-refractivity contribution in [2.45, 2.75) is 31.3 Å². The van der Waals surface area contributed by atoms with Gasteiger partial charge in [-0.2, -0.15) is 0 Å². The van der Waals surface area contributed by atoms with Crippen LogP contribution < -0.4 is 5.32 Å². The van der Waals surface area contributed by atoms with Gasteiger partial charge in [-0.1, -0.05) is 61.9 Å². The molecule has 0 aliphatic carbocycles. The van der Waals surface area contributed by atoms with Gasteiger partial charge >= 0.3 is 0 Å². The fourth-order valence-electron chi connectivity index (χ4n) is 2.77. The first-order valence-electron chi connectivity index (χ1n) is 9.36. The molecule has 3 aromatic rings. The number of hydrogen-bond acceptors (Lipinski definition) is 4. The molecule has 2 aromatic carbocycles. The van der Waals surface area contributed by atoms with E-state index < -0.39 is 0 Å². The molecule has 0 spiro atoms. The fraction of sp³-hybridized carbons (Fsp3) is 0.286. The minimum Gasteiger partial charge on any atom is -0.355 e. The molecule has 146 valence electrons. The van der Waals surface area contributed by atoms with E-state index in [9.17, 15) is 9.18 Å². The van der Waals surface area contributed by atoms with Crippen LogP contribution in [-0.4, -0.2) is 33.0 Å². The van der Waals surface area contributed by atoms with Crippen LogP contribution in [0.3, 0.4) is 0 Å². The molecule has 0 atom stereocenters. The lowest BCUT2D eigenvalue weighted by atomic mass is 10.2. The molecule has 0 unspecified atom stereocenters. The van der Waals surface area contributed by atoms with Crippen molar-refractivity contribution in [3.05, 3.63) is 60.4 Å². The summed E-state index contributed by atoms with van der Waals surface area (Å²) in [6, 6.07) is 16.0. The quantitative estimate of drug-likeness (QED) is 0.427. The Morgan fingerprint density at radius 3 is 2.57 bits per heavy atom. The molecule has 0 saturated carbocycles. The van der Waals surface area contributed by atoms with Crippen LogP contribution in [0.4, 0.5) is 4.39 Å². The summed E-state index contributed by atoms with van der Waals surface area (Å²) < 4.78 is 16.1. The summed E-state index contributed by atoms with van der Waals surface area (Å²) in [4.78, 5) is 12.1. The van der Waals surface area contributed by atoms with Crippen molar-refractivity contribution in [2.75, 3.05) is 12.3 Å². The summed E-state index contributed by atoms with van der Waals surface area (Å²) in [5.74, 6) is 0.234. The van der Waals surface area contributed by atoms with Crippen LogP contribution in [0.1, 0.15) is 26.2 Å². The summed E-state index contributed by atoms with van der Waals surface area (Å²) in [6.07, 6.45) is 3.19. The van der Waals surface area contributed by atoms with Gasteiger partial charge in [0.2, 0.25) is 5.91 Å². The van der Waals surface area contributed by atoms with Gasteiger partial charge in [0.05, 0.1) is 11.3 Å². The van der Waals surface area contributed by atoms with E-state index in [2.05, 4.69) is 22.4 Å². The van der Waals surface area contributed by atoms with E-state index in [1.807, 2.05) is 30.3 Å². The second-order valence-electron chi connectivity index (χ2n) is 6.30. The zero-order valence-corrected chi connectivity index (χ0v) is 16.6. The average Bonchev–Trinajstić information content (AvgIpc) is 3.14. The lowest BCUT2D eigenvalue weighted by Gasteiger charge is -2.11. The molecule has 7 heteroatoms. The van der Waals surface area contributed by atoms with E-state index >= 15 is 0 Å². The average molecular weight is 399 g/mol. The van der Waals surface area contributed by atoms with E-state index in [0.29, 0.717) is 23.1 Å². The van der Waals surface area contributed by atoms with Gasteiger partial charge in [0.25, 0.3) is 0 Å². The SMILES string of the molecule is CCCCCNC(=O)CSc1nnc(-c2ccccc2F)n1-c1ccccc1. The van der Waals surface area contributed by atoms with Gasteiger partial charge < -0.3 is 5.32 Å². The van der Waals surface area contributed by atoms with Crippen molar-refractivity contribution in [3.8, 4) is 17.1 Å². The van der Waals surface area contributed by atoms with Gasteiger partial charge in [0, 0.05) is 12.2 Å². The number of hydrogen-bond donors (Lipinski definition) is 1. The number of carbonyl (C=O) groups excluding carboxylic acids is 1. The van der Waals surface area contributed by atoms with Crippen LogP contribution in [0.2, 0.25) is 0 Å². The second kappa shape index (κ2) is 10.0. The van der Waals surface area contributed by atoms with Crippen molar-refractivity contribution in [3.63, 3.8) is 0 Å². The molecule has 28 heavy (non-hydrogen) atoms. The largest absolute Gasteiger partial charge is 0.355 e.